The van der Waals surface area contributed by atoms with Gasteiger partial charge in [-0.15, -0.1) is 0 Å². The zero-order chi connectivity index (χ0) is 20.1. The van der Waals surface area contributed by atoms with Crippen molar-refractivity contribution in [2.45, 2.75) is 13.0 Å². The number of rotatable bonds is 6. The van der Waals surface area contributed by atoms with E-state index in [0.29, 0.717) is 6.54 Å². The highest BCUT2D eigenvalue weighted by atomic mass is 35.5. The molecule has 1 N–H and O–H groups in total. The molecular formula is C20H18ClFN2O4. The van der Waals surface area contributed by atoms with Crippen molar-refractivity contribution in [2.75, 3.05) is 18.5 Å². The lowest BCUT2D eigenvalue weighted by Gasteiger charge is -2.16. The first-order valence-electron chi connectivity index (χ1n) is 8.65. The predicted octanol–water partition coefficient (Wildman–Crippen LogP) is 3.01. The Bertz CT molecular complexity index is 891. The summed E-state index contributed by atoms with van der Waals surface area (Å²) < 4.78 is 18.1. The molecule has 1 saturated heterocycles. The van der Waals surface area contributed by atoms with Gasteiger partial charge < -0.3 is 15.0 Å². The molecule has 1 fully saturated rings. The van der Waals surface area contributed by atoms with Gasteiger partial charge in [-0.25, -0.2) is 4.39 Å². The second-order valence-electron chi connectivity index (χ2n) is 6.45. The van der Waals surface area contributed by atoms with E-state index >= 15 is 0 Å². The standard InChI is InChI=1S/C20H18ClFN2O4/c21-16-9-15(6-7-17(16)22)23-18(25)12-28-20(27)14-8-19(26)24(11-14)10-13-4-2-1-3-5-13/h1-7,9,14H,8,10-12H2,(H,23,25)/t14-/m1/s1. The molecule has 1 atom stereocenters. The number of esters is 1. The number of nitrogens with zero attached hydrogens (tertiary/aromatic N) is 1. The molecule has 2 aromatic carbocycles. The van der Waals surface area contributed by atoms with Gasteiger partial charge >= 0.3 is 5.97 Å². The van der Waals surface area contributed by atoms with Gasteiger partial charge in [-0.3, -0.25) is 14.4 Å². The first kappa shape index (κ1) is 19.8. The minimum Gasteiger partial charge on any atom is -0.455 e. The minimum absolute atomic E-state index is 0.0564. The first-order valence-corrected chi connectivity index (χ1v) is 9.03. The number of amides is 2. The summed E-state index contributed by atoms with van der Waals surface area (Å²) in [6.07, 6.45) is 0.0564. The van der Waals surface area contributed by atoms with E-state index in [1.807, 2.05) is 30.3 Å². The zero-order valence-electron chi connectivity index (χ0n) is 14.9. The smallest absolute Gasteiger partial charge is 0.311 e. The summed E-state index contributed by atoms with van der Waals surface area (Å²) in [5, 5.41) is 2.33. The second kappa shape index (κ2) is 8.84. The maximum Gasteiger partial charge on any atom is 0.311 e. The van der Waals surface area contributed by atoms with E-state index < -0.39 is 30.2 Å². The number of benzene rings is 2. The summed E-state index contributed by atoms with van der Waals surface area (Å²) in [7, 11) is 0. The Balaban J connectivity index is 1.47. The van der Waals surface area contributed by atoms with Crippen LogP contribution in [0, 0.1) is 11.7 Å². The quantitative estimate of drug-likeness (QED) is 0.751. The largest absolute Gasteiger partial charge is 0.455 e. The topological polar surface area (TPSA) is 75.7 Å². The van der Waals surface area contributed by atoms with Gasteiger partial charge in [0.2, 0.25) is 5.91 Å². The molecule has 0 saturated carbocycles. The first-order chi connectivity index (χ1) is 13.4. The summed E-state index contributed by atoms with van der Waals surface area (Å²) >= 11 is 5.65. The third-order valence-electron chi connectivity index (χ3n) is 4.31. The van der Waals surface area contributed by atoms with Crippen LogP contribution in [0.2, 0.25) is 5.02 Å². The van der Waals surface area contributed by atoms with E-state index in [-0.39, 0.29) is 29.6 Å². The molecule has 8 heteroatoms. The summed E-state index contributed by atoms with van der Waals surface area (Å²) in [6, 6.07) is 13.2. The van der Waals surface area contributed by atoms with Crippen molar-refractivity contribution in [1.82, 2.24) is 4.90 Å². The Kier molecular flexibility index (Phi) is 6.26. The molecule has 0 radical (unpaired) electrons. The Morgan fingerprint density at radius 3 is 2.68 bits per heavy atom. The minimum atomic E-state index is -0.607. The number of halogens is 2. The van der Waals surface area contributed by atoms with Gasteiger partial charge in [0.1, 0.15) is 5.82 Å². The van der Waals surface area contributed by atoms with Crippen LogP contribution in [0.4, 0.5) is 10.1 Å². The number of ether oxygens (including phenoxy) is 1. The summed E-state index contributed by atoms with van der Waals surface area (Å²) in [4.78, 5) is 37.8. The molecule has 0 unspecified atom stereocenters. The van der Waals surface area contributed by atoms with Gasteiger partial charge in [-0.1, -0.05) is 41.9 Å². The normalized spacial score (nSPS) is 16.1. The van der Waals surface area contributed by atoms with E-state index in [9.17, 15) is 18.8 Å². The average Bonchev–Trinajstić information content (AvgIpc) is 3.04. The average molecular weight is 405 g/mol. The van der Waals surface area contributed by atoms with Gasteiger partial charge in [-0.05, 0) is 23.8 Å². The van der Waals surface area contributed by atoms with E-state index in [1.54, 1.807) is 4.90 Å². The van der Waals surface area contributed by atoms with Crippen LogP contribution >= 0.6 is 11.6 Å². The van der Waals surface area contributed by atoms with Crippen LogP contribution in [0.5, 0.6) is 0 Å². The highest BCUT2D eigenvalue weighted by Crippen LogP contribution is 2.22. The van der Waals surface area contributed by atoms with Crippen LogP contribution in [0.25, 0.3) is 0 Å². The molecule has 0 aliphatic carbocycles. The van der Waals surface area contributed by atoms with Gasteiger partial charge in [0, 0.05) is 25.2 Å². The van der Waals surface area contributed by atoms with E-state index in [0.717, 1.165) is 11.6 Å². The van der Waals surface area contributed by atoms with E-state index in [2.05, 4.69) is 5.32 Å². The molecule has 3 rings (SSSR count). The van der Waals surface area contributed by atoms with Crippen molar-refractivity contribution in [3.8, 4) is 0 Å². The van der Waals surface area contributed by atoms with Crippen molar-refractivity contribution in [2.24, 2.45) is 5.92 Å². The molecular weight excluding hydrogens is 387 g/mol. The highest BCUT2D eigenvalue weighted by Gasteiger charge is 2.35. The van der Waals surface area contributed by atoms with Gasteiger partial charge in [0.25, 0.3) is 5.91 Å². The van der Waals surface area contributed by atoms with Crippen LogP contribution in [0.1, 0.15) is 12.0 Å². The molecule has 0 spiro atoms. The van der Waals surface area contributed by atoms with Crippen molar-refractivity contribution in [1.29, 1.82) is 0 Å². The molecule has 0 aromatic heterocycles. The molecule has 146 valence electrons. The summed E-state index contributed by atoms with van der Waals surface area (Å²) in [6.45, 7) is 0.175. The molecule has 28 heavy (non-hydrogen) atoms. The SMILES string of the molecule is O=C(COC(=O)[C@@H]1CC(=O)N(Cc2ccccc2)C1)Nc1ccc(F)c(Cl)c1. The Morgan fingerprint density at radius 2 is 1.96 bits per heavy atom. The summed E-state index contributed by atoms with van der Waals surface area (Å²) in [5.74, 6) is -2.52. The molecule has 1 aliphatic heterocycles. The lowest BCUT2D eigenvalue weighted by molar-refractivity contribution is -0.151. The zero-order valence-corrected chi connectivity index (χ0v) is 15.6. The van der Waals surface area contributed by atoms with Crippen molar-refractivity contribution in [3.05, 3.63) is 64.9 Å². The Morgan fingerprint density at radius 1 is 1.21 bits per heavy atom. The molecule has 1 heterocycles. The predicted molar refractivity (Wildman–Crippen MR) is 101 cm³/mol. The lowest BCUT2D eigenvalue weighted by Crippen LogP contribution is -2.28. The number of hydrogen-bond acceptors (Lipinski definition) is 4. The fourth-order valence-electron chi connectivity index (χ4n) is 2.91. The van der Waals surface area contributed by atoms with Gasteiger partial charge in [0.05, 0.1) is 10.9 Å². The van der Waals surface area contributed by atoms with Crippen molar-refractivity contribution >= 4 is 35.1 Å². The summed E-state index contributed by atoms with van der Waals surface area (Å²) in [5.41, 5.74) is 1.26. The van der Waals surface area contributed by atoms with Crippen molar-refractivity contribution < 1.29 is 23.5 Å². The fourth-order valence-corrected chi connectivity index (χ4v) is 3.09. The van der Waals surface area contributed by atoms with Crippen molar-refractivity contribution in [3.63, 3.8) is 0 Å². The number of carbonyl (C=O) groups is 3. The highest BCUT2D eigenvalue weighted by molar-refractivity contribution is 6.31. The number of anilines is 1. The van der Waals surface area contributed by atoms with Crippen LogP contribution in [-0.4, -0.2) is 35.8 Å². The number of likely N-dealkylation sites (tertiary alicyclic amines) is 1. The maximum absolute atomic E-state index is 13.1. The van der Waals surface area contributed by atoms with Crippen LogP contribution < -0.4 is 5.32 Å². The van der Waals surface area contributed by atoms with Crippen LogP contribution in [0.15, 0.2) is 48.5 Å². The Hall–Kier alpha value is -2.93. The van der Waals surface area contributed by atoms with E-state index in [1.165, 1.54) is 12.1 Å². The van der Waals surface area contributed by atoms with Crippen LogP contribution in [0.3, 0.4) is 0 Å². The lowest BCUT2D eigenvalue weighted by atomic mass is 10.1. The van der Waals surface area contributed by atoms with Crippen LogP contribution in [-0.2, 0) is 25.7 Å². The third kappa shape index (κ3) is 5.07. The van der Waals surface area contributed by atoms with Gasteiger partial charge in [0.15, 0.2) is 6.61 Å². The fraction of sp³-hybridized carbons (Fsp3) is 0.250. The Labute approximate surface area is 166 Å². The molecule has 2 aromatic rings. The molecule has 2 amide bonds. The third-order valence-corrected chi connectivity index (χ3v) is 4.60. The molecule has 1 aliphatic rings. The molecule has 6 nitrogen and oxygen atoms in total. The number of hydrogen-bond donors (Lipinski definition) is 1. The van der Waals surface area contributed by atoms with E-state index in [4.69, 9.17) is 16.3 Å². The molecule has 0 bridgehead atoms. The number of nitrogens with one attached hydrogen (secondary N) is 1. The number of carbonyl (C=O) groups excluding carboxylic acids is 3. The maximum atomic E-state index is 13.1. The second-order valence-corrected chi connectivity index (χ2v) is 6.85. The monoisotopic (exact) mass is 404 g/mol. The van der Waals surface area contributed by atoms with Gasteiger partial charge in [-0.2, -0.15) is 0 Å².